The summed E-state index contributed by atoms with van der Waals surface area (Å²) in [6, 6.07) is 3.58. The molecule has 0 aliphatic carbocycles. The summed E-state index contributed by atoms with van der Waals surface area (Å²) in [5, 5.41) is 19.8. The van der Waals surface area contributed by atoms with Crippen molar-refractivity contribution < 1.29 is 28.0 Å². The molecule has 0 unspecified atom stereocenters. The van der Waals surface area contributed by atoms with Crippen molar-refractivity contribution >= 4 is 21.5 Å². The van der Waals surface area contributed by atoms with Gasteiger partial charge in [-0.1, -0.05) is 13.0 Å². The number of nitro groups is 1. The number of hydrogen-bond acceptors (Lipinski definition) is 6. The van der Waals surface area contributed by atoms with E-state index >= 15 is 0 Å². The minimum atomic E-state index is -3.27. The Morgan fingerprint density at radius 1 is 1.38 bits per heavy atom. The fourth-order valence-corrected chi connectivity index (χ4v) is 2.86. The molecule has 0 spiro atoms. The second kappa shape index (κ2) is 7.02. The van der Waals surface area contributed by atoms with E-state index in [0.717, 1.165) is 6.07 Å². The van der Waals surface area contributed by atoms with E-state index in [4.69, 9.17) is 9.84 Å². The van der Waals surface area contributed by atoms with Crippen LogP contribution in [0.4, 0.5) is 5.69 Å². The molecule has 0 aliphatic rings. The van der Waals surface area contributed by atoms with Crippen molar-refractivity contribution in [2.24, 2.45) is 0 Å². The number of sulfone groups is 1. The van der Waals surface area contributed by atoms with Gasteiger partial charge in [0.2, 0.25) is 0 Å². The summed E-state index contributed by atoms with van der Waals surface area (Å²) >= 11 is 0. The Labute approximate surface area is 121 Å². The monoisotopic (exact) mass is 317 g/mol. The molecular weight excluding hydrogens is 302 g/mol. The van der Waals surface area contributed by atoms with Crippen molar-refractivity contribution in [1.82, 2.24) is 0 Å². The number of benzene rings is 1. The quantitative estimate of drug-likeness (QED) is 0.569. The van der Waals surface area contributed by atoms with Crippen LogP contribution in [0.2, 0.25) is 0 Å². The highest BCUT2D eigenvalue weighted by Crippen LogP contribution is 2.28. The predicted octanol–water partition coefficient (Wildman–Crippen LogP) is 1.50. The van der Waals surface area contributed by atoms with Crippen LogP contribution >= 0.6 is 0 Å². The molecule has 0 fully saturated rings. The van der Waals surface area contributed by atoms with Gasteiger partial charge in [0, 0.05) is 6.07 Å². The molecule has 0 amide bonds. The summed E-state index contributed by atoms with van der Waals surface area (Å²) in [4.78, 5) is 21.1. The maximum atomic E-state index is 11.5. The zero-order valence-corrected chi connectivity index (χ0v) is 12.1. The van der Waals surface area contributed by atoms with Gasteiger partial charge in [-0.2, -0.15) is 0 Å². The lowest BCUT2D eigenvalue weighted by atomic mass is 10.1. The van der Waals surface area contributed by atoms with Crippen LogP contribution in [0.15, 0.2) is 18.2 Å². The van der Waals surface area contributed by atoms with Gasteiger partial charge in [0.15, 0.2) is 15.4 Å². The second-order valence-corrected chi connectivity index (χ2v) is 6.52. The van der Waals surface area contributed by atoms with Gasteiger partial charge in [0.25, 0.3) is 5.69 Å². The van der Waals surface area contributed by atoms with Crippen molar-refractivity contribution in [2.45, 2.75) is 13.3 Å². The number of ether oxygens (including phenoxy) is 1. The first-order chi connectivity index (χ1) is 9.78. The molecule has 0 atom stereocenters. The van der Waals surface area contributed by atoms with E-state index in [1.165, 1.54) is 12.1 Å². The number of hydrogen-bond donors (Lipinski definition) is 1. The van der Waals surface area contributed by atoms with Gasteiger partial charge >= 0.3 is 5.97 Å². The van der Waals surface area contributed by atoms with Gasteiger partial charge in [-0.25, -0.2) is 13.2 Å². The molecule has 1 aromatic rings. The molecular formula is C12H15NO7S. The lowest BCUT2D eigenvalue weighted by molar-refractivity contribution is -0.385. The van der Waals surface area contributed by atoms with Crippen LogP contribution < -0.4 is 4.74 Å². The third kappa shape index (κ3) is 4.71. The topological polar surface area (TPSA) is 124 Å². The maximum Gasteiger partial charge on any atom is 0.346 e. The van der Waals surface area contributed by atoms with Gasteiger partial charge in [-0.15, -0.1) is 0 Å². The molecule has 1 aromatic carbocycles. The van der Waals surface area contributed by atoms with Crippen LogP contribution in [0.5, 0.6) is 5.75 Å². The molecule has 0 radical (unpaired) electrons. The van der Waals surface area contributed by atoms with Gasteiger partial charge < -0.3 is 9.84 Å². The molecule has 21 heavy (non-hydrogen) atoms. The second-order valence-electron chi connectivity index (χ2n) is 4.21. The van der Waals surface area contributed by atoms with E-state index in [2.05, 4.69) is 0 Å². The molecule has 8 nitrogen and oxygen atoms in total. The third-order valence-electron chi connectivity index (χ3n) is 2.58. The molecule has 9 heteroatoms. The van der Waals surface area contributed by atoms with Crippen molar-refractivity contribution in [3.05, 3.63) is 33.9 Å². The van der Waals surface area contributed by atoms with E-state index in [0.29, 0.717) is 6.42 Å². The summed E-state index contributed by atoms with van der Waals surface area (Å²) in [6.45, 7) is 1.46. The van der Waals surface area contributed by atoms with Gasteiger partial charge in [0.1, 0.15) is 12.4 Å². The highest BCUT2D eigenvalue weighted by Gasteiger charge is 2.24. The van der Waals surface area contributed by atoms with Crippen LogP contribution in [-0.2, 0) is 9.84 Å². The number of rotatable bonds is 8. The third-order valence-corrected chi connectivity index (χ3v) is 4.40. The van der Waals surface area contributed by atoms with Gasteiger partial charge in [-0.05, 0) is 12.5 Å². The molecule has 0 bridgehead atoms. The first-order valence-corrected chi connectivity index (χ1v) is 7.94. The average Bonchev–Trinajstić information content (AvgIpc) is 2.37. The molecule has 0 aromatic heterocycles. The van der Waals surface area contributed by atoms with Crippen molar-refractivity contribution in [3.63, 3.8) is 0 Å². The van der Waals surface area contributed by atoms with Gasteiger partial charge in [0.05, 0.1) is 16.4 Å². The summed E-state index contributed by atoms with van der Waals surface area (Å²) in [7, 11) is -3.27. The average molecular weight is 317 g/mol. The van der Waals surface area contributed by atoms with Gasteiger partial charge in [-0.3, -0.25) is 10.1 Å². The Morgan fingerprint density at radius 2 is 2.05 bits per heavy atom. The molecule has 116 valence electrons. The van der Waals surface area contributed by atoms with Crippen LogP contribution in [0.3, 0.4) is 0 Å². The minimum Gasteiger partial charge on any atom is -0.491 e. The van der Waals surface area contributed by atoms with E-state index in [-0.39, 0.29) is 23.9 Å². The van der Waals surface area contributed by atoms with Crippen molar-refractivity contribution in [1.29, 1.82) is 0 Å². The number of carboxylic acids is 1. The fourth-order valence-electron chi connectivity index (χ4n) is 1.70. The summed E-state index contributed by atoms with van der Waals surface area (Å²) in [5.74, 6) is -1.99. The molecule has 1 N–H and O–H groups in total. The maximum absolute atomic E-state index is 11.5. The Balaban J connectivity index is 2.92. The standard InChI is InChI=1S/C12H15NO7S/c1-2-7-21(18,19)8-6-20-10-5-3-4-9(13(16)17)11(10)12(14)15/h3-5H,2,6-8H2,1H3,(H,14,15). The van der Waals surface area contributed by atoms with Crippen molar-refractivity contribution in [2.75, 3.05) is 18.1 Å². The Morgan fingerprint density at radius 3 is 2.57 bits per heavy atom. The largest absolute Gasteiger partial charge is 0.491 e. The SMILES string of the molecule is CCCS(=O)(=O)CCOc1cccc([N+](=O)[O-])c1C(=O)O. The number of nitrogens with zero attached hydrogens (tertiary/aromatic N) is 1. The zero-order valence-electron chi connectivity index (χ0n) is 11.3. The molecule has 1 rings (SSSR count). The fraction of sp³-hybridized carbons (Fsp3) is 0.417. The van der Waals surface area contributed by atoms with Crippen LogP contribution in [0.1, 0.15) is 23.7 Å². The summed E-state index contributed by atoms with van der Waals surface area (Å²) in [5.41, 5.74) is -1.19. The lowest BCUT2D eigenvalue weighted by Gasteiger charge is -2.09. The van der Waals surface area contributed by atoms with Crippen LogP contribution in [0, 0.1) is 10.1 Å². The predicted molar refractivity (Wildman–Crippen MR) is 74.5 cm³/mol. The zero-order chi connectivity index (χ0) is 16.0. The summed E-state index contributed by atoms with van der Waals surface area (Å²) < 4.78 is 28.1. The molecule has 0 heterocycles. The number of aromatic carboxylic acids is 1. The normalized spacial score (nSPS) is 11.1. The first kappa shape index (κ1) is 16.9. The van der Waals surface area contributed by atoms with Crippen molar-refractivity contribution in [3.8, 4) is 5.75 Å². The smallest absolute Gasteiger partial charge is 0.346 e. The number of carbonyl (C=O) groups is 1. The Bertz CT molecular complexity index is 639. The highest BCUT2D eigenvalue weighted by atomic mass is 32.2. The highest BCUT2D eigenvalue weighted by molar-refractivity contribution is 7.91. The summed E-state index contributed by atoms with van der Waals surface area (Å²) in [6.07, 6.45) is 0.472. The number of carboxylic acid groups (broad SMARTS) is 1. The van der Waals surface area contributed by atoms with Crippen LogP contribution in [0.25, 0.3) is 0 Å². The Kier molecular flexibility index (Phi) is 5.65. The molecule has 0 saturated heterocycles. The van der Waals surface area contributed by atoms with E-state index in [1.54, 1.807) is 6.92 Å². The minimum absolute atomic E-state index is 0.0110. The van der Waals surface area contributed by atoms with E-state index < -0.39 is 32.0 Å². The van der Waals surface area contributed by atoms with E-state index in [1.807, 2.05) is 0 Å². The van der Waals surface area contributed by atoms with E-state index in [9.17, 15) is 23.3 Å². The number of nitro benzene ring substituents is 1. The first-order valence-electron chi connectivity index (χ1n) is 6.12. The molecule has 0 aliphatic heterocycles. The van der Waals surface area contributed by atoms with Crippen LogP contribution in [-0.4, -0.2) is 42.5 Å². The Hall–Kier alpha value is -2.16. The molecule has 0 saturated carbocycles. The lowest BCUT2D eigenvalue weighted by Crippen LogP contribution is -2.17.